The van der Waals surface area contributed by atoms with E-state index in [0.29, 0.717) is 22.3 Å². The molecule has 1 aliphatic rings. The van der Waals surface area contributed by atoms with Gasteiger partial charge in [0.2, 0.25) is 0 Å². The van der Waals surface area contributed by atoms with E-state index in [2.05, 4.69) is 0 Å². The molecule has 0 atom stereocenters. The number of carbonyl (C=O) groups excluding carboxylic acids is 1. The molecule has 0 saturated heterocycles. The first-order valence-electron chi connectivity index (χ1n) is 9.43. The van der Waals surface area contributed by atoms with Gasteiger partial charge in [0.15, 0.2) is 5.78 Å². The number of hydrogen-bond donors (Lipinski definition) is 2. The van der Waals surface area contributed by atoms with Crippen LogP contribution in [0.25, 0.3) is 21.9 Å². The van der Waals surface area contributed by atoms with E-state index in [1.165, 1.54) is 12.1 Å². The Bertz CT molecular complexity index is 1400. The molecule has 0 bridgehead atoms. The van der Waals surface area contributed by atoms with E-state index in [9.17, 15) is 24.6 Å². The Morgan fingerprint density at radius 1 is 0.677 bits per heavy atom. The first-order chi connectivity index (χ1) is 14.9. The molecule has 0 amide bonds. The maximum absolute atomic E-state index is 13.0. The van der Waals surface area contributed by atoms with Crippen molar-refractivity contribution >= 4 is 28.5 Å². The van der Waals surface area contributed by atoms with Crippen LogP contribution in [0.3, 0.4) is 0 Å². The van der Waals surface area contributed by atoms with Crippen molar-refractivity contribution in [3.8, 4) is 22.6 Å². The van der Waals surface area contributed by atoms with Crippen LogP contribution in [0.2, 0.25) is 0 Å². The predicted molar refractivity (Wildman–Crippen MR) is 113 cm³/mol. The first kappa shape index (κ1) is 18.6. The highest BCUT2D eigenvalue weighted by molar-refractivity contribution is 6.26. The third-order valence-corrected chi connectivity index (χ3v) is 5.34. The summed E-state index contributed by atoms with van der Waals surface area (Å²) in [6.45, 7) is 0. The number of ether oxygens (including phenoxy) is 1. The molecule has 0 saturated carbocycles. The minimum Gasteiger partial charge on any atom is -0.478 e. The Morgan fingerprint density at radius 3 is 2.00 bits per heavy atom. The van der Waals surface area contributed by atoms with Gasteiger partial charge in [0.25, 0.3) is 0 Å². The van der Waals surface area contributed by atoms with Gasteiger partial charge < -0.3 is 14.9 Å². The molecule has 0 spiro atoms. The molecule has 4 aromatic carbocycles. The second kappa shape index (κ2) is 6.81. The SMILES string of the molecule is O=C(O)c1cc(Oc2ccc3c4c(cccc24)C(=O)c2ccccc2-3)cc(C(=O)O)c1. The number of hydrogen-bond acceptors (Lipinski definition) is 4. The minimum atomic E-state index is -1.26. The van der Waals surface area contributed by atoms with Crippen molar-refractivity contribution in [3.63, 3.8) is 0 Å². The van der Waals surface area contributed by atoms with E-state index in [1.807, 2.05) is 30.3 Å². The molecular formula is C25H14O6. The largest absolute Gasteiger partial charge is 0.478 e. The number of carboxylic acids is 2. The Labute approximate surface area is 176 Å². The van der Waals surface area contributed by atoms with Crippen LogP contribution >= 0.6 is 0 Å². The molecule has 2 N–H and O–H groups in total. The van der Waals surface area contributed by atoms with Gasteiger partial charge in [-0.25, -0.2) is 9.59 Å². The fourth-order valence-electron chi connectivity index (χ4n) is 3.98. The number of rotatable bonds is 4. The molecule has 0 heterocycles. The average molecular weight is 410 g/mol. The highest BCUT2D eigenvalue weighted by Gasteiger charge is 2.26. The minimum absolute atomic E-state index is 0.0770. The van der Waals surface area contributed by atoms with E-state index in [1.54, 1.807) is 24.3 Å². The summed E-state index contributed by atoms with van der Waals surface area (Å²) in [5.41, 5.74) is 2.55. The molecule has 5 rings (SSSR count). The lowest BCUT2D eigenvalue weighted by Crippen LogP contribution is -2.10. The number of carbonyl (C=O) groups is 3. The van der Waals surface area contributed by atoms with Crippen LogP contribution < -0.4 is 4.74 Å². The van der Waals surface area contributed by atoms with Crippen molar-refractivity contribution in [1.82, 2.24) is 0 Å². The Hall–Kier alpha value is -4.45. The molecule has 4 aromatic rings. The van der Waals surface area contributed by atoms with Crippen molar-refractivity contribution in [1.29, 1.82) is 0 Å². The summed E-state index contributed by atoms with van der Waals surface area (Å²) in [6.07, 6.45) is 0. The number of fused-ring (bicyclic) bond motifs is 2. The van der Waals surface area contributed by atoms with Gasteiger partial charge in [-0.3, -0.25) is 4.79 Å². The third-order valence-electron chi connectivity index (χ3n) is 5.34. The molecule has 31 heavy (non-hydrogen) atoms. The summed E-state index contributed by atoms with van der Waals surface area (Å²) < 4.78 is 5.94. The molecule has 0 unspecified atom stereocenters. The van der Waals surface area contributed by atoms with Crippen molar-refractivity contribution in [2.45, 2.75) is 0 Å². The summed E-state index contributed by atoms with van der Waals surface area (Å²) in [5, 5.41) is 20.0. The molecule has 1 aliphatic carbocycles. The average Bonchev–Trinajstić information content (AvgIpc) is 2.78. The molecule has 6 nitrogen and oxygen atoms in total. The maximum Gasteiger partial charge on any atom is 0.335 e. The maximum atomic E-state index is 13.0. The van der Waals surface area contributed by atoms with Gasteiger partial charge in [0, 0.05) is 21.9 Å². The molecule has 0 radical (unpaired) electrons. The Balaban J connectivity index is 1.70. The number of ketones is 1. The molecule has 150 valence electrons. The molecule has 0 aliphatic heterocycles. The fraction of sp³-hybridized carbons (Fsp3) is 0. The standard InChI is InChI=1S/C25H14O6/c26-23-18-5-2-1-4-16(18)17-8-9-21(19-6-3-7-20(23)22(17)19)31-15-11-13(24(27)28)10-14(12-15)25(29)30/h1-12H,(H,27,28)(H,29,30). The summed E-state index contributed by atoms with van der Waals surface area (Å²) in [7, 11) is 0. The van der Waals surface area contributed by atoms with Crippen LogP contribution in [-0.2, 0) is 0 Å². The van der Waals surface area contributed by atoms with E-state index in [4.69, 9.17) is 4.74 Å². The molecule has 6 heteroatoms. The van der Waals surface area contributed by atoms with E-state index in [-0.39, 0.29) is 22.7 Å². The van der Waals surface area contributed by atoms with Crippen LogP contribution in [0, 0.1) is 0 Å². The van der Waals surface area contributed by atoms with Crippen molar-refractivity contribution in [2.24, 2.45) is 0 Å². The van der Waals surface area contributed by atoms with Gasteiger partial charge in [0.05, 0.1) is 11.1 Å². The highest BCUT2D eigenvalue weighted by atomic mass is 16.5. The van der Waals surface area contributed by atoms with Gasteiger partial charge in [-0.15, -0.1) is 0 Å². The van der Waals surface area contributed by atoms with Crippen molar-refractivity contribution < 1.29 is 29.3 Å². The Morgan fingerprint density at radius 2 is 1.32 bits per heavy atom. The molecular weight excluding hydrogens is 396 g/mol. The van der Waals surface area contributed by atoms with Crippen LogP contribution in [0.5, 0.6) is 11.5 Å². The first-order valence-corrected chi connectivity index (χ1v) is 9.43. The summed E-state index contributed by atoms with van der Waals surface area (Å²) >= 11 is 0. The lowest BCUT2D eigenvalue weighted by molar-refractivity contribution is 0.0696. The fourth-order valence-corrected chi connectivity index (χ4v) is 3.98. The lowest BCUT2D eigenvalue weighted by Gasteiger charge is -2.21. The van der Waals surface area contributed by atoms with Gasteiger partial charge in [-0.2, -0.15) is 0 Å². The Kier molecular flexibility index (Phi) is 4.08. The van der Waals surface area contributed by atoms with E-state index < -0.39 is 11.9 Å². The smallest absolute Gasteiger partial charge is 0.335 e. The zero-order chi connectivity index (χ0) is 21.7. The summed E-state index contributed by atoms with van der Waals surface area (Å²) in [5.74, 6) is -2.11. The van der Waals surface area contributed by atoms with Crippen molar-refractivity contribution in [3.05, 3.63) is 95.1 Å². The number of carboxylic acid groups (broad SMARTS) is 2. The highest BCUT2D eigenvalue weighted by Crippen LogP contribution is 2.43. The van der Waals surface area contributed by atoms with Crippen LogP contribution in [0.4, 0.5) is 0 Å². The predicted octanol–water partition coefficient (Wildman–Crippen LogP) is 5.24. The zero-order valence-electron chi connectivity index (χ0n) is 16.0. The normalized spacial score (nSPS) is 11.8. The molecule has 0 fully saturated rings. The number of benzene rings is 4. The lowest BCUT2D eigenvalue weighted by atomic mass is 9.83. The van der Waals surface area contributed by atoms with Gasteiger partial charge >= 0.3 is 11.9 Å². The summed E-state index contributed by atoms with van der Waals surface area (Å²) in [4.78, 5) is 35.8. The van der Waals surface area contributed by atoms with Crippen molar-refractivity contribution in [2.75, 3.05) is 0 Å². The molecule has 0 aromatic heterocycles. The van der Waals surface area contributed by atoms with Crippen LogP contribution in [-0.4, -0.2) is 27.9 Å². The summed E-state index contributed by atoms with van der Waals surface area (Å²) in [6, 6.07) is 19.9. The zero-order valence-corrected chi connectivity index (χ0v) is 16.0. The monoisotopic (exact) mass is 410 g/mol. The van der Waals surface area contributed by atoms with Crippen LogP contribution in [0.15, 0.2) is 72.8 Å². The quantitative estimate of drug-likeness (QED) is 0.420. The van der Waals surface area contributed by atoms with Gasteiger partial charge in [-0.1, -0.05) is 42.5 Å². The van der Waals surface area contributed by atoms with Crippen LogP contribution in [0.1, 0.15) is 36.6 Å². The number of aromatic carboxylic acids is 2. The topological polar surface area (TPSA) is 101 Å². The second-order valence-corrected chi connectivity index (χ2v) is 7.17. The second-order valence-electron chi connectivity index (χ2n) is 7.17. The van der Waals surface area contributed by atoms with Gasteiger partial charge in [0.1, 0.15) is 11.5 Å². The van der Waals surface area contributed by atoms with E-state index >= 15 is 0 Å². The van der Waals surface area contributed by atoms with Gasteiger partial charge in [-0.05, 0) is 41.5 Å². The van der Waals surface area contributed by atoms with E-state index in [0.717, 1.165) is 22.6 Å². The third kappa shape index (κ3) is 2.93.